The Bertz CT molecular complexity index is 592. The third-order valence-electron chi connectivity index (χ3n) is 2.97. The largest absolute Gasteiger partial charge is 0.497 e. The lowest BCUT2D eigenvalue weighted by Gasteiger charge is -2.11. The predicted molar refractivity (Wildman–Crippen MR) is 97.3 cm³/mol. The number of aromatic nitrogens is 2. The van der Waals surface area contributed by atoms with Crippen LogP contribution >= 0.6 is 24.8 Å². The van der Waals surface area contributed by atoms with Gasteiger partial charge in [-0.15, -0.1) is 24.8 Å². The maximum Gasteiger partial charge on any atom is 0.217 e. The van der Waals surface area contributed by atoms with E-state index in [1.54, 1.807) is 7.11 Å². The van der Waals surface area contributed by atoms with Gasteiger partial charge < -0.3 is 14.4 Å². The molecule has 23 heavy (non-hydrogen) atoms. The fraction of sp³-hybridized carbons (Fsp3) is 0.375. The first-order valence-electron chi connectivity index (χ1n) is 6.86. The first kappa shape index (κ1) is 21.4. The number of benzene rings is 1. The summed E-state index contributed by atoms with van der Waals surface area (Å²) in [6.45, 7) is 3.39. The van der Waals surface area contributed by atoms with Gasteiger partial charge in [-0.1, -0.05) is 0 Å². The van der Waals surface area contributed by atoms with Crippen LogP contribution in [0, 0.1) is 6.92 Å². The predicted octanol–water partition coefficient (Wildman–Crippen LogP) is 3.24. The van der Waals surface area contributed by atoms with Crippen molar-refractivity contribution in [1.82, 2.24) is 14.9 Å². The lowest BCUT2D eigenvalue weighted by Crippen LogP contribution is -2.19. The van der Waals surface area contributed by atoms with Crippen LogP contribution in [0.3, 0.4) is 0 Å². The average molecular weight is 360 g/mol. The quantitative estimate of drug-likeness (QED) is 0.792. The number of aryl methyl sites for hydroxylation is 1. The fourth-order valence-electron chi connectivity index (χ4n) is 1.82. The van der Waals surface area contributed by atoms with E-state index in [9.17, 15) is 0 Å². The zero-order chi connectivity index (χ0) is 15.2. The molecule has 0 spiro atoms. The molecule has 0 fully saturated rings. The van der Waals surface area contributed by atoms with Gasteiger partial charge in [-0.25, -0.2) is 4.98 Å². The maximum absolute atomic E-state index is 5.69. The van der Waals surface area contributed by atoms with Crippen LogP contribution < -0.4 is 9.47 Å². The topological polar surface area (TPSA) is 47.5 Å². The van der Waals surface area contributed by atoms with E-state index < -0.39 is 0 Å². The van der Waals surface area contributed by atoms with Crippen LogP contribution in [0.1, 0.15) is 5.69 Å². The van der Waals surface area contributed by atoms with Gasteiger partial charge in [-0.05, 0) is 45.3 Å². The van der Waals surface area contributed by atoms with Crippen molar-refractivity contribution in [3.63, 3.8) is 0 Å². The van der Waals surface area contributed by atoms with Gasteiger partial charge in [0.2, 0.25) is 5.88 Å². The highest BCUT2D eigenvalue weighted by Crippen LogP contribution is 2.21. The molecule has 0 aliphatic carbocycles. The maximum atomic E-state index is 5.69. The van der Waals surface area contributed by atoms with Crippen LogP contribution in [0.4, 0.5) is 0 Å². The van der Waals surface area contributed by atoms with Crippen molar-refractivity contribution in [3.05, 3.63) is 36.0 Å². The number of hydrogen-bond donors (Lipinski definition) is 0. The lowest BCUT2D eigenvalue weighted by molar-refractivity contribution is 0.253. The van der Waals surface area contributed by atoms with Gasteiger partial charge in [0.25, 0.3) is 0 Å². The Hall–Kier alpha value is -1.56. The standard InChI is InChI=1S/C16H21N3O2.2ClH/c1-12-11-15(21-10-9-19(2)3)18-16(17-12)13-5-7-14(20-4)8-6-13;;/h5-8,11H,9-10H2,1-4H3;2*1H. The second-order valence-electron chi connectivity index (χ2n) is 5.05. The normalized spacial score (nSPS) is 9.78. The van der Waals surface area contributed by atoms with Crippen LogP contribution in [-0.2, 0) is 0 Å². The summed E-state index contributed by atoms with van der Waals surface area (Å²) in [5.41, 5.74) is 1.83. The van der Waals surface area contributed by atoms with E-state index in [2.05, 4.69) is 14.9 Å². The Morgan fingerprint density at radius 2 is 1.70 bits per heavy atom. The van der Waals surface area contributed by atoms with Crippen molar-refractivity contribution >= 4 is 24.8 Å². The zero-order valence-electron chi connectivity index (χ0n) is 13.8. The molecule has 0 aliphatic rings. The summed E-state index contributed by atoms with van der Waals surface area (Å²) >= 11 is 0. The molecule has 0 aliphatic heterocycles. The molecule has 1 aromatic carbocycles. The van der Waals surface area contributed by atoms with Crippen molar-refractivity contribution in [2.24, 2.45) is 0 Å². The molecule has 128 valence electrons. The number of likely N-dealkylation sites (N-methyl/N-ethyl adjacent to an activating group) is 1. The Balaban J connectivity index is 0.00000242. The number of nitrogens with zero attached hydrogens (tertiary/aromatic N) is 3. The molecule has 0 unspecified atom stereocenters. The summed E-state index contributed by atoms with van der Waals surface area (Å²) in [6.07, 6.45) is 0. The van der Waals surface area contributed by atoms with E-state index in [1.807, 2.05) is 51.4 Å². The smallest absolute Gasteiger partial charge is 0.217 e. The van der Waals surface area contributed by atoms with Crippen LogP contribution in [0.2, 0.25) is 0 Å². The minimum absolute atomic E-state index is 0. The molecule has 1 heterocycles. The minimum atomic E-state index is 0. The summed E-state index contributed by atoms with van der Waals surface area (Å²) in [5, 5.41) is 0. The van der Waals surface area contributed by atoms with Crippen LogP contribution in [0.5, 0.6) is 11.6 Å². The lowest BCUT2D eigenvalue weighted by atomic mass is 10.2. The third-order valence-corrected chi connectivity index (χ3v) is 2.97. The number of halogens is 2. The second-order valence-corrected chi connectivity index (χ2v) is 5.05. The molecule has 2 rings (SSSR count). The molecule has 2 aromatic rings. The molecule has 7 heteroatoms. The van der Waals surface area contributed by atoms with E-state index in [0.717, 1.165) is 23.6 Å². The number of ether oxygens (including phenoxy) is 2. The van der Waals surface area contributed by atoms with Gasteiger partial charge in [-0.2, -0.15) is 4.98 Å². The highest BCUT2D eigenvalue weighted by molar-refractivity contribution is 5.85. The molecular weight excluding hydrogens is 337 g/mol. The van der Waals surface area contributed by atoms with Crippen molar-refractivity contribution in [1.29, 1.82) is 0 Å². The third kappa shape index (κ3) is 6.60. The summed E-state index contributed by atoms with van der Waals surface area (Å²) in [5.74, 6) is 2.08. The summed E-state index contributed by atoms with van der Waals surface area (Å²) in [7, 11) is 5.67. The second kappa shape index (κ2) is 10.3. The van der Waals surface area contributed by atoms with Crippen LogP contribution in [-0.4, -0.2) is 49.2 Å². The highest BCUT2D eigenvalue weighted by atomic mass is 35.5. The Kier molecular flexibility index (Phi) is 9.56. The van der Waals surface area contributed by atoms with Gasteiger partial charge >= 0.3 is 0 Å². The minimum Gasteiger partial charge on any atom is -0.497 e. The van der Waals surface area contributed by atoms with Crippen molar-refractivity contribution < 1.29 is 9.47 Å². The monoisotopic (exact) mass is 359 g/mol. The van der Waals surface area contributed by atoms with E-state index in [-0.39, 0.29) is 24.8 Å². The summed E-state index contributed by atoms with van der Waals surface area (Å²) in [4.78, 5) is 11.0. The molecule has 0 bridgehead atoms. The fourth-order valence-corrected chi connectivity index (χ4v) is 1.82. The van der Waals surface area contributed by atoms with Gasteiger partial charge in [0, 0.05) is 23.9 Å². The Morgan fingerprint density at radius 3 is 2.26 bits per heavy atom. The first-order valence-corrected chi connectivity index (χ1v) is 6.86. The summed E-state index contributed by atoms with van der Waals surface area (Å²) < 4.78 is 10.8. The Morgan fingerprint density at radius 1 is 1.04 bits per heavy atom. The SMILES string of the molecule is COc1ccc(-c2nc(C)cc(OCCN(C)C)n2)cc1.Cl.Cl. The number of rotatable bonds is 6. The van der Waals surface area contributed by atoms with Crippen molar-refractivity contribution in [2.75, 3.05) is 34.4 Å². The van der Waals surface area contributed by atoms with Gasteiger partial charge in [-0.3, -0.25) is 0 Å². The van der Waals surface area contributed by atoms with Gasteiger partial charge in [0.05, 0.1) is 7.11 Å². The van der Waals surface area contributed by atoms with E-state index in [4.69, 9.17) is 9.47 Å². The number of methoxy groups -OCH3 is 1. The molecule has 0 saturated heterocycles. The van der Waals surface area contributed by atoms with E-state index in [1.165, 1.54) is 0 Å². The number of hydrogen-bond acceptors (Lipinski definition) is 5. The van der Waals surface area contributed by atoms with E-state index >= 15 is 0 Å². The molecule has 0 N–H and O–H groups in total. The highest BCUT2D eigenvalue weighted by Gasteiger charge is 2.06. The molecule has 0 radical (unpaired) electrons. The zero-order valence-corrected chi connectivity index (χ0v) is 15.4. The molecular formula is C16H23Cl2N3O2. The molecule has 0 saturated carbocycles. The summed E-state index contributed by atoms with van der Waals surface area (Å²) in [6, 6.07) is 9.53. The van der Waals surface area contributed by atoms with Crippen molar-refractivity contribution in [3.8, 4) is 23.0 Å². The van der Waals surface area contributed by atoms with Crippen molar-refractivity contribution in [2.45, 2.75) is 6.92 Å². The molecule has 0 atom stereocenters. The van der Waals surface area contributed by atoms with E-state index in [0.29, 0.717) is 18.3 Å². The Labute approximate surface area is 149 Å². The first-order chi connectivity index (χ1) is 10.1. The van der Waals surface area contributed by atoms with Gasteiger partial charge in [0.1, 0.15) is 12.4 Å². The molecule has 1 aromatic heterocycles. The van der Waals surface area contributed by atoms with Gasteiger partial charge in [0.15, 0.2) is 5.82 Å². The van der Waals surface area contributed by atoms with Crippen LogP contribution in [0.15, 0.2) is 30.3 Å². The molecule has 0 amide bonds. The molecule has 5 nitrogen and oxygen atoms in total. The average Bonchev–Trinajstić information content (AvgIpc) is 2.46. The van der Waals surface area contributed by atoms with Crippen LogP contribution in [0.25, 0.3) is 11.4 Å².